The van der Waals surface area contributed by atoms with Crippen LogP contribution in [0, 0.1) is 18.6 Å². The lowest BCUT2D eigenvalue weighted by molar-refractivity contribution is 0.572. The number of benzene rings is 1. The van der Waals surface area contributed by atoms with E-state index in [1.165, 1.54) is 12.1 Å². The van der Waals surface area contributed by atoms with Crippen molar-refractivity contribution in [2.45, 2.75) is 13.0 Å². The zero-order valence-corrected chi connectivity index (χ0v) is 12.3. The van der Waals surface area contributed by atoms with E-state index in [4.69, 9.17) is 0 Å². The van der Waals surface area contributed by atoms with E-state index in [-0.39, 0.29) is 6.04 Å². The molecule has 0 amide bonds. The average molecular weight is 332 g/mol. The standard InChI is InChI=1S/C13H12BrF2NS/c1-7-11(14)6-12(18-7)13(17-2)8-3-9(15)5-10(16)4-8/h3-6,13,17H,1-2H3. The first kappa shape index (κ1) is 13.6. The molecule has 2 rings (SSSR count). The third-order valence-electron chi connectivity index (χ3n) is 2.67. The molecule has 0 bridgehead atoms. The molecule has 0 fully saturated rings. The molecule has 1 aromatic carbocycles. The highest BCUT2D eigenvalue weighted by atomic mass is 79.9. The van der Waals surface area contributed by atoms with Gasteiger partial charge in [-0.15, -0.1) is 11.3 Å². The smallest absolute Gasteiger partial charge is 0.126 e. The van der Waals surface area contributed by atoms with Crippen LogP contribution in [0.4, 0.5) is 8.78 Å². The molecule has 2 aromatic rings. The molecule has 0 aliphatic heterocycles. The van der Waals surface area contributed by atoms with Crippen molar-refractivity contribution in [1.82, 2.24) is 5.32 Å². The second-order valence-corrected chi connectivity index (χ2v) is 6.12. The number of aryl methyl sites for hydroxylation is 1. The van der Waals surface area contributed by atoms with Gasteiger partial charge in [0.2, 0.25) is 0 Å². The summed E-state index contributed by atoms with van der Waals surface area (Å²) in [4.78, 5) is 2.16. The quantitative estimate of drug-likeness (QED) is 0.878. The highest BCUT2D eigenvalue weighted by Gasteiger charge is 2.17. The molecule has 0 radical (unpaired) electrons. The van der Waals surface area contributed by atoms with Crippen LogP contribution in [0.15, 0.2) is 28.7 Å². The summed E-state index contributed by atoms with van der Waals surface area (Å²) in [5.74, 6) is -1.12. The van der Waals surface area contributed by atoms with Crippen LogP contribution in [-0.2, 0) is 0 Å². The molecular weight excluding hydrogens is 320 g/mol. The van der Waals surface area contributed by atoms with E-state index in [1.807, 2.05) is 13.0 Å². The van der Waals surface area contributed by atoms with Crippen molar-refractivity contribution in [3.05, 3.63) is 55.7 Å². The third kappa shape index (κ3) is 2.79. The van der Waals surface area contributed by atoms with E-state index in [2.05, 4.69) is 21.2 Å². The largest absolute Gasteiger partial charge is 0.309 e. The van der Waals surface area contributed by atoms with Gasteiger partial charge in [0.15, 0.2) is 0 Å². The molecule has 0 saturated heterocycles. The Kier molecular flexibility index (Phi) is 4.14. The molecule has 96 valence electrons. The second kappa shape index (κ2) is 5.47. The second-order valence-electron chi connectivity index (χ2n) is 3.98. The summed E-state index contributed by atoms with van der Waals surface area (Å²) in [5.41, 5.74) is 0.587. The van der Waals surface area contributed by atoms with Crippen molar-refractivity contribution < 1.29 is 8.78 Å². The highest BCUT2D eigenvalue weighted by Crippen LogP contribution is 2.33. The van der Waals surface area contributed by atoms with E-state index < -0.39 is 11.6 Å². The first-order valence-electron chi connectivity index (χ1n) is 5.40. The Labute approximate surface area is 117 Å². The van der Waals surface area contributed by atoms with Crippen molar-refractivity contribution in [2.24, 2.45) is 0 Å². The van der Waals surface area contributed by atoms with Crippen molar-refractivity contribution >= 4 is 27.3 Å². The van der Waals surface area contributed by atoms with Gasteiger partial charge in [0.25, 0.3) is 0 Å². The first-order valence-corrected chi connectivity index (χ1v) is 7.01. The van der Waals surface area contributed by atoms with Crippen LogP contribution >= 0.6 is 27.3 Å². The zero-order chi connectivity index (χ0) is 13.3. The van der Waals surface area contributed by atoms with E-state index in [0.717, 1.165) is 20.3 Å². The minimum Gasteiger partial charge on any atom is -0.309 e. The molecule has 1 unspecified atom stereocenters. The van der Waals surface area contributed by atoms with Crippen LogP contribution in [0.3, 0.4) is 0 Å². The van der Waals surface area contributed by atoms with Crippen molar-refractivity contribution in [2.75, 3.05) is 7.05 Å². The molecular formula is C13H12BrF2NS. The molecule has 0 saturated carbocycles. The van der Waals surface area contributed by atoms with Gasteiger partial charge in [-0.05, 0) is 53.7 Å². The van der Waals surface area contributed by atoms with Crippen molar-refractivity contribution in [1.29, 1.82) is 0 Å². The van der Waals surface area contributed by atoms with Gasteiger partial charge in [0.05, 0.1) is 6.04 Å². The van der Waals surface area contributed by atoms with Gasteiger partial charge in [-0.3, -0.25) is 0 Å². The van der Waals surface area contributed by atoms with Gasteiger partial charge in [-0.25, -0.2) is 8.78 Å². The fraction of sp³-hybridized carbons (Fsp3) is 0.231. The summed E-state index contributed by atoms with van der Waals surface area (Å²) in [5, 5.41) is 3.09. The van der Waals surface area contributed by atoms with Gasteiger partial charge >= 0.3 is 0 Å². The van der Waals surface area contributed by atoms with Crippen LogP contribution in [0.5, 0.6) is 0 Å². The summed E-state index contributed by atoms with van der Waals surface area (Å²) in [7, 11) is 1.77. The molecule has 1 heterocycles. The van der Waals surface area contributed by atoms with Gasteiger partial charge < -0.3 is 5.32 Å². The summed E-state index contributed by atoms with van der Waals surface area (Å²) in [6, 6.07) is 5.36. The number of nitrogens with one attached hydrogen (secondary N) is 1. The SMILES string of the molecule is CNC(c1cc(F)cc(F)c1)c1cc(Br)c(C)s1. The van der Waals surface area contributed by atoms with E-state index in [9.17, 15) is 8.78 Å². The molecule has 0 spiro atoms. The lowest BCUT2D eigenvalue weighted by atomic mass is 10.1. The number of hydrogen-bond donors (Lipinski definition) is 1. The average Bonchev–Trinajstić information content (AvgIpc) is 2.58. The fourth-order valence-corrected chi connectivity index (χ4v) is 3.54. The van der Waals surface area contributed by atoms with Gasteiger partial charge in [0.1, 0.15) is 11.6 Å². The molecule has 1 atom stereocenters. The Bertz CT molecular complexity index is 528. The molecule has 1 aromatic heterocycles. The van der Waals surface area contributed by atoms with Crippen LogP contribution in [0.25, 0.3) is 0 Å². The Morgan fingerprint density at radius 1 is 1.17 bits per heavy atom. The molecule has 0 aliphatic carbocycles. The predicted molar refractivity (Wildman–Crippen MR) is 74.0 cm³/mol. The van der Waals surface area contributed by atoms with Gasteiger partial charge in [-0.1, -0.05) is 0 Å². The topological polar surface area (TPSA) is 12.0 Å². The van der Waals surface area contributed by atoms with Crippen LogP contribution in [-0.4, -0.2) is 7.05 Å². The van der Waals surface area contributed by atoms with Crippen molar-refractivity contribution in [3.63, 3.8) is 0 Å². The Hall–Kier alpha value is -0.780. The van der Waals surface area contributed by atoms with E-state index >= 15 is 0 Å². The molecule has 1 nitrogen and oxygen atoms in total. The highest BCUT2D eigenvalue weighted by molar-refractivity contribution is 9.10. The number of halogens is 3. The maximum Gasteiger partial charge on any atom is 0.126 e. The maximum absolute atomic E-state index is 13.3. The lowest BCUT2D eigenvalue weighted by Gasteiger charge is -2.15. The Morgan fingerprint density at radius 2 is 1.78 bits per heavy atom. The van der Waals surface area contributed by atoms with Gasteiger partial charge in [0, 0.05) is 20.3 Å². The van der Waals surface area contributed by atoms with Crippen LogP contribution in [0.1, 0.15) is 21.4 Å². The minimum absolute atomic E-state index is 0.204. The fourth-order valence-electron chi connectivity index (χ4n) is 1.84. The zero-order valence-electron chi connectivity index (χ0n) is 9.93. The normalized spacial score (nSPS) is 12.7. The minimum atomic E-state index is -0.558. The molecule has 5 heteroatoms. The van der Waals surface area contributed by atoms with E-state index in [0.29, 0.717) is 5.56 Å². The van der Waals surface area contributed by atoms with Crippen LogP contribution in [0.2, 0.25) is 0 Å². The Balaban J connectivity index is 2.44. The molecule has 0 aliphatic rings. The number of rotatable bonds is 3. The Morgan fingerprint density at radius 3 is 2.22 bits per heavy atom. The summed E-state index contributed by atoms with van der Waals surface area (Å²) in [6.07, 6.45) is 0. The maximum atomic E-state index is 13.3. The summed E-state index contributed by atoms with van der Waals surface area (Å²) < 4.78 is 27.5. The number of hydrogen-bond acceptors (Lipinski definition) is 2. The predicted octanol–water partition coefficient (Wildman–Crippen LogP) is 4.41. The first-order chi connectivity index (χ1) is 8.51. The molecule has 1 N–H and O–H groups in total. The summed E-state index contributed by atoms with van der Waals surface area (Å²) in [6.45, 7) is 2.00. The van der Waals surface area contributed by atoms with E-state index in [1.54, 1.807) is 18.4 Å². The number of thiophene rings is 1. The van der Waals surface area contributed by atoms with Crippen LogP contribution < -0.4 is 5.32 Å². The lowest BCUT2D eigenvalue weighted by Crippen LogP contribution is -2.16. The summed E-state index contributed by atoms with van der Waals surface area (Å²) >= 11 is 5.05. The molecule has 18 heavy (non-hydrogen) atoms. The third-order valence-corrected chi connectivity index (χ3v) is 4.87. The van der Waals surface area contributed by atoms with Crippen molar-refractivity contribution in [3.8, 4) is 0 Å². The monoisotopic (exact) mass is 331 g/mol. The van der Waals surface area contributed by atoms with Gasteiger partial charge in [-0.2, -0.15) is 0 Å².